The zero-order valence-corrected chi connectivity index (χ0v) is 15.8. The van der Waals surface area contributed by atoms with Crippen LogP contribution >= 0.6 is 0 Å². The summed E-state index contributed by atoms with van der Waals surface area (Å²) in [6.07, 6.45) is 3.17. The first-order valence-electron chi connectivity index (χ1n) is 8.97. The number of pyridine rings is 1. The van der Waals surface area contributed by atoms with Crippen molar-refractivity contribution in [2.24, 2.45) is 0 Å². The molecule has 2 aromatic rings. The molecule has 1 aromatic heterocycles. The van der Waals surface area contributed by atoms with Crippen LogP contribution in [0.3, 0.4) is 0 Å². The van der Waals surface area contributed by atoms with Gasteiger partial charge in [-0.15, -0.1) is 0 Å². The van der Waals surface area contributed by atoms with Crippen molar-refractivity contribution in [3.63, 3.8) is 0 Å². The van der Waals surface area contributed by atoms with Crippen LogP contribution in [0.15, 0.2) is 47.5 Å². The Balaban J connectivity index is 1.44. The van der Waals surface area contributed by atoms with Crippen LogP contribution in [0.2, 0.25) is 0 Å². The number of amides is 2. The number of nitrogens with one attached hydrogen (secondary N) is 1. The molecule has 1 atom stereocenters. The van der Waals surface area contributed by atoms with E-state index in [9.17, 15) is 18.0 Å². The number of aromatic nitrogens is 1. The van der Waals surface area contributed by atoms with Crippen LogP contribution in [0, 0.1) is 0 Å². The van der Waals surface area contributed by atoms with E-state index in [2.05, 4.69) is 9.71 Å². The van der Waals surface area contributed by atoms with E-state index in [0.717, 1.165) is 17.7 Å². The fourth-order valence-corrected chi connectivity index (χ4v) is 4.37. The lowest BCUT2D eigenvalue weighted by Crippen LogP contribution is -2.32. The van der Waals surface area contributed by atoms with Gasteiger partial charge in [0.2, 0.25) is 10.0 Å². The molecule has 8 nitrogen and oxygen atoms in total. The predicted molar refractivity (Wildman–Crippen MR) is 99.0 cm³/mol. The number of nitrogens with zero attached hydrogens (tertiary/aromatic N) is 2. The van der Waals surface area contributed by atoms with Crippen LogP contribution < -0.4 is 4.72 Å². The van der Waals surface area contributed by atoms with Crippen LogP contribution in [0.25, 0.3) is 0 Å². The number of fused-ring (bicyclic) bond motifs is 1. The maximum Gasteiger partial charge on any atom is 0.280 e. The van der Waals surface area contributed by atoms with Crippen LogP contribution in [-0.2, 0) is 21.3 Å². The molecule has 2 aliphatic rings. The molecule has 2 amide bonds. The molecule has 0 spiro atoms. The molecule has 0 aliphatic carbocycles. The summed E-state index contributed by atoms with van der Waals surface area (Å²) in [6, 6.07) is 9.29. The fourth-order valence-electron chi connectivity index (χ4n) is 3.31. The highest BCUT2D eigenvalue weighted by molar-refractivity contribution is 7.89. The summed E-state index contributed by atoms with van der Waals surface area (Å²) in [7, 11) is -3.64. The van der Waals surface area contributed by atoms with E-state index in [-0.39, 0.29) is 35.3 Å². The number of carbonyl (C=O) groups excluding carboxylic acids is 2. The van der Waals surface area contributed by atoms with E-state index in [1.165, 1.54) is 18.3 Å². The molecular formula is C19H19N3O5S. The monoisotopic (exact) mass is 401 g/mol. The van der Waals surface area contributed by atoms with Crippen LogP contribution in [0.5, 0.6) is 0 Å². The number of benzene rings is 1. The molecule has 0 bridgehead atoms. The third-order valence-electron chi connectivity index (χ3n) is 4.83. The third kappa shape index (κ3) is 3.56. The minimum Gasteiger partial charge on any atom is -0.377 e. The number of hydrogen-bond donors (Lipinski definition) is 1. The van der Waals surface area contributed by atoms with E-state index in [1.807, 2.05) is 0 Å². The quantitative estimate of drug-likeness (QED) is 0.732. The van der Waals surface area contributed by atoms with Gasteiger partial charge in [-0.2, -0.15) is 0 Å². The van der Waals surface area contributed by atoms with Crippen LogP contribution in [-0.4, -0.2) is 49.4 Å². The number of imide groups is 1. The molecule has 9 heteroatoms. The Bertz CT molecular complexity index is 979. The van der Waals surface area contributed by atoms with Crippen molar-refractivity contribution < 1.29 is 22.7 Å². The molecular weight excluding hydrogens is 382 g/mol. The van der Waals surface area contributed by atoms with Crippen molar-refractivity contribution in [2.75, 3.05) is 13.2 Å². The molecule has 0 saturated carbocycles. The number of carbonyl (C=O) groups is 2. The number of hydrogen-bond acceptors (Lipinski definition) is 6. The minimum absolute atomic E-state index is 0.0533. The average Bonchev–Trinajstić information content (AvgIpc) is 3.31. The molecule has 146 valence electrons. The summed E-state index contributed by atoms with van der Waals surface area (Å²) in [5.74, 6) is -0.849. The van der Waals surface area contributed by atoms with Gasteiger partial charge < -0.3 is 4.74 Å². The summed E-state index contributed by atoms with van der Waals surface area (Å²) in [6.45, 7) is 0.957. The summed E-state index contributed by atoms with van der Waals surface area (Å²) in [5, 5.41) is 0. The molecule has 1 aromatic carbocycles. The average molecular weight is 401 g/mol. The predicted octanol–water partition coefficient (Wildman–Crippen LogP) is 1.34. The fraction of sp³-hybridized carbons (Fsp3) is 0.316. The van der Waals surface area contributed by atoms with Gasteiger partial charge in [0, 0.05) is 19.3 Å². The van der Waals surface area contributed by atoms with Gasteiger partial charge in [0.25, 0.3) is 11.8 Å². The van der Waals surface area contributed by atoms with Gasteiger partial charge in [-0.1, -0.05) is 12.1 Å². The van der Waals surface area contributed by atoms with E-state index in [1.54, 1.807) is 24.3 Å². The van der Waals surface area contributed by atoms with Crippen molar-refractivity contribution in [3.05, 3.63) is 59.4 Å². The smallest absolute Gasteiger partial charge is 0.280 e. The van der Waals surface area contributed by atoms with Crippen molar-refractivity contribution in [1.29, 1.82) is 0 Å². The van der Waals surface area contributed by atoms with Crippen molar-refractivity contribution in [3.8, 4) is 0 Å². The zero-order valence-electron chi connectivity index (χ0n) is 15.0. The highest BCUT2D eigenvalue weighted by Crippen LogP contribution is 2.23. The number of rotatable bonds is 6. The number of ether oxygens (including phenoxy) is 1. The van der Waals surface area contributed by atoms with Crippen molar-refractivity contribution in [1.82, 2.24) is 14.6 Å². The lowest BCUT2D eigenvalue weighted by Gasteiger charge is -2.14. The molecule has 4 rings (SSSR count). The van der Waals surface area contributed by atoms with E-state index >= 15 is 0 Å². The Morgan fingerprint density at radius 3 is 2.61 bits per heavy atom. The molecule has 1 fully saturated rings. The summed E-state index contributed by atoms with van der Waals surface area (Å²) in [5.41, 5.74) is 1.07. The SMILES string of the molecule is O=C1c2cccnc2C(=O)N1Cc1ccc(S(=O)(=O)NCC2CCCO2)cc1. The normalized spacial score (nSPS) is 19.3. The minimum atomic E-state index is -3.64. The van der Waals surface area contributed by atoms with Gasteiger partial charge >= 0.3 is 0 Å². The Labute approximate surface area is 162 Å². The highest BCUT2D eigenvalue weighted by Gasteiger charge is 2.36. The lowest BCUT2D eigenvalue weighted by atomic mass is 10.2. The zero-order chi connectivity index (χ0) is 19.7. The topological polar surface area (TPSA) is 106 Å². The molecule has 28 heavy (non-hydrogen) atoms. The Kier molecular flexibility index (Phi) is 4.96. The Morgan fingerprint density at radius 2 is 1.93 bits per heavy atom. The molecule has 0 radical (unpaired) electrons. The van der Waals surface area contributed by atoms with Gasteiger partial charge in [-0.25, -0.2) is 13.1 Å². The van der Waals surface area contributed by atoms with Gasteiger partial charge in [0.05, 0.1) is 23.1 Å². The Hall–Kier alpha value is -2.62. The number of sulfonamides is 1. The first kappa shape index (κ1) is 18.7. The largest absolute Gasteiger partial charge is 0.377 e. The summed E-state index contributed by atoms with van der Waals surface area (Å²) in [4.78, 5) is 30.0. The third-order valence-corrected chi connectivity index (χ3v) is 6.27. The van der Waals surface area contributed by atoms with Gasteiger partial charge in [-0.3, -0.25) is 19.5 Å². The molecule has 2 aliphatic heterocycles. The van der Waals surface area contributed by atoms with Crippen LogP contribution in [0.1, 0.15) is 39.3 Å². The lowest BCUT2D eigenvalue weighted by molar-refractivity contribution is 0.0640. The summed E-state index contributed by atoms with van der Waals surface area (Å²) < 4.78 is 32.8. The van der Waals surface area contributed by atoms with E-state index in [4.69, 9.17) is 4.74 Å². The first-order valence-corrected chi connectivity index (χ1v) is 10.5. The molecule has 1 saturated heterocycles. The van der Waals surface area contributed by atoms with Gasteiger partial charge in [0.15, 0.2) is 0 Å². The van der Waals surface area contributed by atoms with Gasteiger partial charge in [0.1, 0.15) is 5.69 Å². The first-order chi connectivity index (χ1) is 13.5. The maximum atomic E-state index is 12.4. The second kappa shape index (κ2) is 7.42. The van der Waals surface area contributed by atoms with Crippen molar-refractivity contribution in [2.45, 2.75) is 30.4 Å². The second-order valence-electron chi connectivity index (χ2n) is 6.73. The summed E-state index contributed by atoms with van der Waals surface area (Å²) >= 11 is 0. The van der Waals surface area contributed by atoms with Gasteiger partial charge in [-0.05, 0) is 42.7 Å². The molecule has 1 N–H and O–H groups in total. The standard InChI is InChI=1S/C19H19N3O5S/c23-18-16-4-1-9-20-17(16)19(24)22(18)12-13-5-7-15(8-6-13)28(25,26)21-11-14-3-2-10-27-14/h1,4-9,14,21H,2-3,10-12H2. The second-order valence-corrected chi connectivity index (χ2v) is 8.49. The van der Waals surface area contributed by atoms with Crippen molar-refractivity contribution >= 4 is 21.8 Å². The van der Waals surface area contributed by atoms with Crippen LogP contribution in [0.4, 0.5) is 0 Å². The maximum absolute atomic E-state index is 12.4. The van der Waals surface area contributed by atoms with E-state index < -0.39 is 21.8 Å². The molecule has 3 heterocycles. The van der Waals surface area contributed by atoms with E-state index in [0.29, 0.717) is 12.2 Å². The molecule has 1 unspecified atom stereocenters. The highest BCUT2D eigenvalue weighted by atomic mass is 32.2. The Morgan fingerprint density at radius 1 is 1.14 bits per heavy atom.